The van der Waals surface area contributed by atoms with E-state index in [1.807, 2.05) is 6.07 Å². The molecule has 31 heavy (non-hydrogen) atoms. The first-order valence-corrected chi connectivity index (χ1v) is 12.3. The molecule has 5 rings (SSSR count). The van der Waals surface area contributed by atoms with Gasteiger partial charge in [0.05, 0.1) is 36.1 Å². The minimum absolute atomic E-state index is 0. The number of methoxy groups -OCH3 is 1. The van der Waals surface area contributed by atoms with Crippen LogP contribution in [0.5, 0.6) is 5.75 Å². The zero-order valence-corrected chi connectivity index (χ0v) is 22.0. The van der Waals surface area contributed by atoms with E-state index in [0.29, 0.717) is 29.1 Å². The standard InChI is InChI=1S/C21H24Cl2NO5P.Na/c1-27-20(19-16-8-13-7-14(9-16)12-21(19,23)11-13)15-3-4-17(22)18(10-15)29-30(25,26)28-6-2-5-24;/h3-4,10,13-14,16H,2,6-9,11-12H2,1H3,(H,25,26);/q;+1/p-1. The third-order valence-electron chi connectivity index (χ3n) is 6.33. The Kier molecular flexibility index (Phi) is 8.16. The number of benzene rings is 1. The van der Waals surface area contributed by atoms with Crippen LogP contribution in [0.2, 0.25) is 5.02 Å². The number of ether oxygens (including phenoxy) is 1. The van der Waals surface area contributed by atoms with Crippen LogP contribution in [0, 0.1) is 29.1 Å². The summed E-state index contributed by atoms with van der Waals surface area (Å²) >= 11 is 13.3. The van der Waals surface area contributed by atoms with E-state index < -0.39 is 12.7 Å². The maximum atomic E-state index is 12.1. The number of halogens is 2. The van der Waals surface area contributed by atoms with E-state index in [0.717, 1.165) is 31.3 Å². The molecule has 3 unspecified atom stereocenters. The molecular weight excluding hydrogens is 471 g/mol. The molecule has 0 N–H and O–H groups in total. The van der Waals surface area contributed by atoms with Crippen LogP contribution >= 0.6 is 31.0 Å². The van der Waals surface area contributed by atoms with Gasteiger partial charge in [0.25, 0.3) is 0 Å². The van der Waals surface area contributed by atoms with Gasteiger partial charge >= 0.3 is 37.4 Å². The van der Waals surface area contributed by atoms with Crippen molar-refractivity contribution < 1.29 is 52.8 Å². The van der Waals surface area contributed by atoms with Crippen molar-refractivity contribution in [1.29, 1.82) is 5.26 Å². The molecule has 6 nitrogen and oxygen atoms in total. The van der Waals surface area contributed by atoms with Crippen LogP contribution in [0.15, 0.2) is 23.8 Å². The van der Waals surface area contributed by atoms with Gasteiger partial charge in [-0.2, -0.15) is 5.26 Å². The number of phosphoric acid groups is 1. The molecule has 0 aromatic heterocycles. The molecule has 4 fully saturated rings. The molecule has 0 amide bonds. The summed E-state index contributed by atoms with van der Waals surface area (Å²) in [5.41, 5.74) is 1.78. The van der Waals surface area contributed by atoms with Gasteiger partial charge in [0.1, 0.15) is 11.5 Å². The minimum atomic E-state index is -4.67. The van der Waals surface area contributed by atoms with E-state index in [1.54, 1.807) is 19.2 Å². The van der Waals surface area contributed by atoms with Crippen LogP contribution < -0.4 is 39.0 Å². The first kappa shape index (κ1) is 25.4. The average Bonchev–Trinajstić information content (AvgIpc) is 2.65. The fraction of sp³-hybridized carbons (Fsp3) is 0.571. The molecule has 10 heteroatoms. The molecule has 0 aliphatic heterocycles. The topological polar surface area (TPSA) is 91.6 Å². The van der Waals surface area contributed by atoms with Crippen LogP contribution in [0.3, 0.4) is 0 Å². The summed E-state index contributed by atoms with van der Waals surface area (Å²) in [7, 11) is -3.06. The van der Waals surface area contributed by atoms with E-state index in [4.69, 9.17) is 42.2 Å². The zero-order valence-electron chi connectivity index (χ0n) is 17.6. The third-order valence-corrected chi connectivity index (χ3v) is 8.08. The fourth-order valence-corrected chi connectivity index (χ4v) is 7.20. The van der Waals surface area contributed by atoms with Gasteiger partial charge in [-0.05, 0) is 73.6 Å². The molecule has 1 aromatic carbocycles. The van der Waals surface area contributed by atoms with Crippen molar-refractivity contribution in [2.45, 2.75) is 43.4 Å². The molecule has 4 bridgehead atoms. The SMILES string of the molecule is COC(=C1C2CC3CC(C2)CC1(Cl)C3)c1ccc(Cl)c(OP(=O)([O-])OCCC#N)c1.[Na+]. The molecule has 0 saturated heterocycles. The van der Waals surface area contributed by atoms with Crippen LogP contribution in [-0.4, -0.2) is 18.6 Å². The van der Waals surface area contributed by atoms with Crippen molar-refractivity contribution in [2.24, 2.45) is 17.8 Å². The second-order valence-electron chi connectivity index (χ2n) is 8.38. The number of nitrogens with zero attached hydrogens (tertiary/aromatic N) is 1. The Bertz CT molecular complexity index is 952. The van der Waals surface area contributed by atoms with E-state index in [-0.39, 0.29) is 53.4 Å². The number of allylic oxidation sites excluding steroid dienone is 1. The predicted molar refractivity (Wildman–Crippen MR) is 112 cm³/mol. The van der Waals surface area contributed by atoms with Gasteiger partial charge in [-0.1, -0.05) is 11.6 Å². The van der Waals surface area contributed by atoms with Crippen LogP contribution in [0.4, 0.5) is 0 Å². The molecule has 0 radical (unpaired) electrons. The number of hydrogen-bond acceptors (Lipinski definition) is 6. The van der Waals surface area contributed by atoms with E-state index in [1.165, 1.54) is 12.5 Å². The van der Waals surface area contributed by atoms with Crippen molar-refractivity contribution in [3.63, 3.8) is 0 Å². The quantitative estimate of drug-likeness (QED) is 0.190. The summed E-state index contributed by atoms with van der Waals surface area (Å²) in [6, 6.07) is 6.69. The number of nitriles is 1. The number of hydrogen-bond donors (Lipinski definition) is 0. The molecule has 3 atom stereocenters. The normalized spacial score (nSPS) is 31.9. The van der Waals surface area contributed by atoms with Gasteiger partial charge < -0.3 is 18.7 Å². The van der Waals surface area contributed by atoms with Crippen LogP contribution in [-0.2, 0) is 13.8 Å². The van der Waals surface area contributed by atoms with Gasteiger partial charge in [0, 0.05) is 5.56 Å². The maximum Gasteiger partial charge on any atom is 1.00 e. The Morgan fingerprint density at radius 3 is 2.58 bits per heavy atom. The molecule has 0 heterocycles. The van der Waals surface area contributed by atoms with E-state index in [2.05, 4.69) is 0 Å². The second-order valence-corrected chi connectivity index (χ2v) is 10.8. The summed E-state index contributed by atoms with van der Waals surface area (Å²) in [6.07, 6.45) is 5.33. The number of phosphoric ester groups is 1. The Balaban J connectivity index is 0.00000272. The fourth-order valence-electron chi connectivity index (χ4n) is 5.55. The van der Waals surface area contributed by atoms with Crippen LogP contribution in [0.1, 0.15) is 44.1 Å². The Hall–Kier alpha value is -0.220. The molecule has 4 aliphatic carbocycles. The van der Waals surface area contributed by atoms with Gasteiger partial charge in [-0.3, -0.25) is 4.57 Å². The maximum absolute atomic E-state index is 12.1. The van der Waals surface area contributed by atoms with Crippen molar-refractivity contribution in [3.8, 4) is 11.8 Å². The largest absolute Gasteiger partial charge is 1.00 e. The summed E-state index contributed by atoms with van der Waals surface area (Å²) in [5.74, 6) is 2.34. The molecule has 162 valence electrons. The summed E-state index contributed by atoms with van der Waals surface area (Å²) in [4.78, 5) is 11.7. The molecule has 4 saturated carbocycles. The first-order valence-electron chi connectivity index (χ1n) is 10.0. The third kappa shape index (κ3) is 5.31. The zero-order chi connectivity index (χ0) is 21.5. The molecule has 0 spiro atoms. The minimum Gasteiger partial charge on any atom is -0.746 e. The first-order chi connectivity index (χ1) is 14.2. The molecule has 1 aromatic rings. The Labute approximate surface area is 214 Å². The molecular formula is C21H23Cl2NNaO5P. The van der Waals surface area contributed by atoms with Crippen molar-refractivity contribution in [3.05, 3.63) is 34.4 Å². The molecule has 4 aliphatic rings. The predicted octanol–water partition coefficient (Wildman–Crippen LogP) is 2.30. The van der Waals surface area contributed by atoms with Crippen molar-refractivity contribution in [2.75, 3.05) is 13.7 Å². The smallest absolute Gasteiger partial charge is 0.746 e. The Morgan fingerprint density at radius 1 is 1.32 bits per heavy atom. The average molecular weight is 494 g/mol. The monoisotopic (exact) mass is 493 g/mol. The number of rotatable bonds is 7. The van der Waals surface area contributed by atoms with E-state index in [9.17, 15) is 9.46 Å². The number of alkyl halides is 1. The van der Waals surface area contributed by atoms with Gasteiger partial charge in [0.15, 0.2) is 0 Å². The second kappa shape index (κ2) is 9.95. The van der Waals surface area contributed by atoms with Gasteiger partial charge in [-0.25, -0.2) is 0 Å². The summed E-state index contributed by atoms with van der Waals surface area (Å²) in [5, 5.41) is 8.67. The Morgan fingerprint density at radius 2 is 2.00 bits per heavy atom. The summed E-state index contributed by atoms with van der Waals surface area (Å²) in [6.45, 7) is -0.277. The van der Waals surface area contributed by atoms with Crippen molar-refractivity contribution >= 4 is 36.8 Å². The van der Waals surface area contributed by atoms with Gasteiger partial charge in [0.2, 0.25) is 0 Å². The van der Waals surface area contributed by atoms with Crippen LogP contribution in [0.25, 0.3) is 5.76 Å². The summed E-state index contributed by atoms with van der Waals surface area (Å²) < 4.78 is 27.7. The van der Waals surface area contributed by atoms with E-state index >= 15 is 0 Å². The van der Waals surface area contributed by atoms with Crippen molar-refractivity contribution in [1.82, 2.24) is 0 Å². The van der Waals surface area contributed by atoms with Gasteiger partial charge in [-0.15, -0.1) is 11.6 Å².